The first-order valence-electron chi connectivity index (χ1n) is 7.45. The zero-order chi connectivity index (χ0) is 16.7. The number of nitrogens with zero attached hydrogens (tertiary/aromatic N) is 3. The van der Waals surface area contributed by atoms with Crippen LogP contribution in [-0.4, -0.2) is 51.1 Å². The second-order valence-corrected chi connectivity index (χ2v) is 6.51. The maximum atomic E-state index is 12.5. The predicted molar refractivity (Wildman–Crippen MR) is 93.1 cm³/mol. The third-order valence-corrected chi connectivity index (χ3v) is 4.55. The lowest BCUT2D eigenvalue weighted by Gasteiger charge is -2.20. The summed E-state index contributed by atoms with van der Waals surface area (Å²) in [6.45, 7) is 3.51. The van der Waals surface area contributed by atoms with Gasteiger partial charge in [0, 0.05) is 41.5 Å². The quantitative estimate of drug-likeness (QED) is 0.741. The second-order valence-electron chi connectivity index (χ2n) is 4.90. The van der Waals surface area contributed by atoms with Crippen molar-refractivity contribution in [3.63, 3.8) is 0 Å². The molecule has 2 aromatic rings. The monoisotopic (exact) mass is 353 g/mol. The van der Waals surface area contributed by atoms with Crippen molar-refractivity contribution in [3.8, 4) is 0 Å². The molecule has 124 valence electrons. The van der Waals surface area contributed by atoms with E-state index in [0.29, 0.717) is 23.7 Å². The molecule has 0 atom stereocenters. The molecule has 5 nitrogen and oxygen atoms in total. The van der Waals surface area contributed by atoms with E-state index in [2.05, 4.69) is 5.10 Å². The van der Waals surface area contributed by atoms with Crippen LogP contribution >= 0.6 is 23.4 Å². The van der Waals surface area contributed by atoms with Gasteiger partial charge in [-0.15, -0.1) is 11.8 Å². The minimum atomic E-state index is -0.101. The number of carbonyl (C=O) groups is 1. The zero-order valence-corrected chi connectivity index (χ0v) is 14.6. The molecule has 0 unspecified atom stereocenters. The van der Waals surface area contributed by atoms with Crippen molar-refractivity contribution in [1.82, 2.24) is 14.7 Å². The molecule has 0 aliphatic heterocycles. The summed E-state index contributed by atoms with van der Waals surface area (Å²) in [7, 11) is 0. The smallest absolute Gasteiger partial charge is 0.257 e. The van der Waals surface area contributed by atoms with Crippen LogP contribution in [0.5, 0.6) is 0 Å². The van der Waals surface area contributed by atoms with E-state index in [4.69, 9.17) is 11.6 Å². The maximum absolute atomic E-state index is 12.5. The van der Waals surface area contributed by atoms with Crippen molar-refractivity contribution in [2.75, 3.05) is 25.4 Å². The van der Waals surface area contributed by atoms with Crippen LogP contribution in [0.25, 0.3) is 0 Å². The molecule has 0 spiro atoms. The van der Waals surface area contributed by atoms with Crippen molar-refractivity contribution >= 4 is 29.3 Å². The molecule has 1 N–H and O–H groups in total. The molecular formula is C16H20ClN3O2S. The number of aromatic nitrogens is 2. The Bertz CT molecular complexity index is 631. The first-order chi connectivity index (χ1) is 11.1. The van der Waals surface area contributed by atoms with Gasteiger partial charge in [-0.1, -0.05) is 11.6 Å². The van der Waals surface area contributed by atoms with Gasteiger partial charge in [0.1, 0.15) is 0 Å². The molecule has 1 heterocycles. The Morgan fingerprint density at radius 3 is 2.70 bits per heavy atom. The standard InChI is InChI=1S/C16H20ClN3O2S/c1-2-20-12-13(11-18-20)16(22)19(7-9-21)8-10-23-15-5-3-14(17)4-6-15/h3-6,11-12,21H,2,7-10H2,1H3. The molecule has 0 saturated carbocycles. The molecule has 2 rings (SSSR count). The Kier molecular flexibility index (Phi) is 6.95. The Balaban J connectivity index is 1.92. The minimum absolute atomic E-state index is 0.0563. The Morgan fingerprint density at radius 1 is 1.35 bits per heavy atom. The fourth-order valence-corrected chi connectivity index (χ4v) is 3.07. The molecule has 23 heavy (non-hydrogen) atoms. The Morgan fingerprint density at radius 2 is 2.09 bits per heavy atom. The van der Waals surface area contributed by atoms with Gasteiger partial charge < -0.3 is 10.0 Å². The number of aryl methyl sites for hydroxylation is 1. The van der Waals surface area contributed by atoms with Gasteiger partial charge in [-0.05, 0) is 31.2 Å². The van der Waals surface area contributed by atoms with Crippen molar-refractivity contribution in [2.45, 2.75) is 18.4 Å². The fraction of sp³-hybridized carbons (Fsp3) is 0.375. The van der Waals surface area contributed by atoms with Crippen LogP contribution in [0, 0.1) is 0 Å². The number of hydrogen-bond acceptors (Lipinski definition) is 4. The summed E-state index contributed by atoms with van der Waals surface area (Å²) in [6, 6.07) is 7.60. The number of halogens is 1. The highest BCUT2D eigenvalue weighted by molar-refractivity contribution is 7.99. The SMILES string of the molecule is CCn1cc(C(=O)N(CCO)CCSc2ccc(Cl)cc2)cn1. The highest BCUT2D eigenvalue weighted by atomic mass is 35.5. The highest BCUT2D eigenvalue weighted by Crippen LogP contribution is 2.20. The molecule has 0 bridgehead atoms. The van der Waals surface area contributed by atoms with Crippen LogP contribution in [0.4, 0.5) is 0 Å². The summed E-state index contributed by atoms with van der Waals surface area (Å²) < 4.78 is 1.72. The third kappa shape index (κ3) is 5.27. The maximum Gasteiger partial charge on any atom is 0.257 e. The van der Waals surface area contributed by atoms with Gasteiger partial charge >= 0.3 is 0 Å². The summed E-state index contributed by atoms with van der Waals surface area (Å²) in [5.41, 5.74) is 0.553. The van der Waals surface area contributed by atoms with E-state index in [1.807, 2.05) is 31.2 Å². The zero-order valence-electron chi connectivity index (χ0n) is 13.0. The van der Waals surface area contributed by atoms with Gasteiger partial charge in [0.2, 0.25) is 0 Å². The number of benzene rings is 1. The topological polar surface area (TPSA) is 58.4 Å². The molecule has 0 aliphatic rings. The summed E-state index contributed by atoms with van der Waals surface area (Å²) >= 11 is 7.51. The van der Waals surface area contributed by atoms with Gasteiger partial charge in [0.15, 0.2) is 0 Å². The highest BCUT2D eigenvalue weighted by Gasteiger charge is 2.16. The average Bonchev–Trinajstić information content (AvgIpc) is 3.04. The molecule has 0 fully saturated rings. The number of carbonyl (C=O) groups excluding carboxylic acids is 1. The van der Waals surface area contributed by atoms with Crippen molar-refractivity contribution in [1.29, 1.82) is 0 Å². The number of amides is 1. The van der Waals surface area contributed by atoms with E-state index in [1.165, 1.54) is 0 Å². The van der Waals surface area contributed by atoms with Crippen LogP contribution in [0.15, 0.2) is 41.6 Å². The third-order valence-electron chi connectivity index (χ3n) is 3.30. The lowest BCUT2D eigenvalue weighted by molar-refractivity contribution is 0.0733. The number of aliphatic hydroxyl groups excluding tert-OH is 1. The minimum Gasteiger partial charge on any atom is -0.395 e. The average molecular weight is 354 g/mol. The summed E-state index contributed by atoms with van der Waals surface area (Å²) in [4.78, 5) is 15.2. The summed E-state index contributed by atoms with van der Waals surface area (Å²) in [5.74, 6) is 0.644. The van der Waals surface area contributed by atoms with Crippen LogP contribution in [-0.2, 0) is 6.54 Å². The molecule has 1 aromatic carbocycles. The van der Waals surface area contributed by atoms with Gasteiger partial charge in [-0.2, -0.15) is 5.10 Å². The first-order valence-corrected chi connectivity index (χ1v) is 8.81. The van der Waals surface area contributed by atoms with Crippen molar-refractivity contribution < 1.29 is 9.90 Å². The van der Waals surface area contributed by atoms with E-state index in [0.717, 1.165) is 17.2 Å². The molecule has 0 aliphatic carbocycles. The Hall–Kier alpha value is -1.50. The molecule has 1 amide bonds. The largest absolute Gasteiger partial charge is 0.395 e. The number of rotatable bonds is 8. The van der Waals surface area contributed by atoms with Gasteiger partial charge in [0.25, 0.3) is 5.91 Å². The van der Waals surface area contributed by atoms with Crippen molar-refractivity contribution in [2.24, 2.45) is 0 Å². The van der Waals surface area contributed by atoms with Gasteiger partial charge in [-0.3, -0.25) is 9.48 Å². The number of aliphatic hydroxyl groups is 1. The summed E-state index contributed by atoms with van der Waals surface area (Å²) in [5, 5.41) is 14.0. The molecule has 0 saturated heterocycles. The molecular weight excluding hydrogens is 334 g/mol. The first kappa shape index (κ1) is 17.8. The predicted octanol–water partition coefficient (Wildman–Crippen LogP) is 2.78. The van der Waals surface area contributed by atoms with Crippen LogP contribution in [0.1, 0.15) is 17.3 Å². The second kappa shape index (κ2) is 8.96. The van der Waals surface area contributed by atoms with Crippen LogP contribution in [0.2, 0.25) is 5.02 Å². The van der Waals surface area contributed by atoms with Crippen molar-refractivity contribution in [3.05, 3.63) is 47.2 Å². The lowest BCUT2D eigenvalue weighted by Crippen LogP contribution is -2.35. The van der Waals surface area contributed by atoms with Crippen LogP contribution in [0.3, 0.4) is 0 Å². The van der Waals surface area contributed by atoms with Crippen LogP contribution < -0.4 is 0 Å². The Labute approximate surface area is 145 Å². The van der Waals surface area contributed by atoms with Gasteiger partial charge in [-0.25, -0.2) is 0 Å². The van der Waals surface area contributed by atoms with E-state index in [9.17, 15) is 9.90 Å². The van der Waals surface area contributed by atoms with E-state index in [-0.39, 0.29) is 12.5 Å². The fourth-order valence-electron chi connectivity index (χ4n) is 2.07. The number of thioether (sulfide) groups is 1. The molecule has 0 radical (unpaired) electrons. The van der Waals surface area contributed by atoms with E-state index >= 15 is 0 Å². The summed E-state index contributed by atoms with van der Waals surface area (Å²) in [6.07, 6.45) is 3.31. The molecule has 7 heteroatoms. The lowest BCUT2D eigenvalue weighted by atomic mass is 10.3. The van der Waals surface area contributed by atoms with E-state index < -0.39 is 0 Å². The molecule has 1 aromatic heterocycles. The number of hydrogen-bond donors (Lipinski definition) is 1. The normalized spacial score (nSPS) is 10.7. The van der Waals surface area contributed by atoms with E-state index in [1.54, 1.807) is 33.7 Å². The van der Waals surface area contributed by atoms with Gasteiger partial charge in [0.05, 0.1) is 18.4 Å².